The molecule has 0 saturated carbocycles. The molecule has 1 atom stereocenters. The van der Waals surface area contributed by atoms with Gasteiger partial charge in [-0.1, -0.05) is 42.5 Å². The summed E-state index contributed by atoms with van der Waals surface area (Å²) in [5.41, 5.74) is 3.52. The summed E-state index contributed by atoms with van der Waals surface area (Å²) in [7, 11) is -3.66. The molecule has 160 valence electrons. The van der Waals surface area contributed by atoms with Crippen LogP contribution in [0, 0.1) is 0 Å². The number of benzene rings is 3. The fraction of sp³-hybridized carbons (Fsp3) is 0.240. The second-order valence-electron chi connectivity index (χ2n) is 7.65. The molecule has 0 heterocycles. The first-order valence-corrected chi connectivity index (χ1v) is 12.0. The molecule has 5 nitrogen and oxygen atoms in total. The van der Waals surface area contributed by atoms with Gasteiger partial charge in [0.15, 0.2) is 0 Å². The number of amides is 1. The summed E-state index contributed by atoms with van der Waals surface area (Å²) < 4.78 is 27.4. The van der Waals surface area contributed by atoms with E-state index in [1.165, 1.54) is 15.4 Å². The largest absolute Gasteiger partial charge is 0.345 e. The molecule has 3 aromatic rings. The Kier molecular flexibility index (Phi) is 6.09. The van der Waals surface area contributed by atoms with Crippen LogP contribution in [-0.4, -0.2) is 20.9 Å². The molecule has 6 heteroatoms. The van der Waals surface area contributed by atoms with E-state index in [0.29, 0.717) is 17.8 Å². The molecule has 0 aliphatic heterocycles. The molecule has 4 rings (SSSR count). The van der Waals surface area contributed by atoms with Crippen LogP contribution >= 0.6 is 0 Å². The number of anilines is 1. The third-order valence-electron chi connectivity index (χ3n) is 5.71. The molecule has 3 aromatic carbocycles. The van der Waals surface area contributed by atoms with Crippen LogP contribution < -0.4 is 9.62 Å². The van der Waals surface area contributed by atoms with Crippen molar-refractivity contribution in [2.75, 3.05) is 10.8 Å². The number of sulfonamides is 1. The van der Waals surface area contributed by atoms with Gasteiger partial charge in [-0.15, -0.1) is 0 Å². The molecule has 0 bridgehead atoms. The van der Waals surface area contributed by atoms with Crippen LogP contribution in [0.1, 0.15) is 47.3 Å². The minimum absolute atomic E-state index is 0.00252. The van der Waals surface area contributed by atoms with Crippen molar-refractivity contribution in [2.45, 2.75) is 37.1 Å². The lowest BCUT2D eigenvalue weighted by Gasteiger charge is -2.26. The van der Waals surface area contributed by atoms with E-state index in [-0.39, 0.29) is 16.8 Å². The molecule has 0 fully saturated rings. The number of nitrogens with one attached hydrogen (secondary N) is 1. The summed E-state index contributed by atoms with van der Waals surface area (Å²) in [4.78, 5) is 13.1. The maximum atomic E-state index is 13.0. The van der Waals surface area contributed by atoms with Crippen molar-refractivity contribution in [1.82, 2.24) is 5.32 Å². The standard InChI is InChI=1S/C25H26N2O3S/c1-2-27(31(29,30)22-11-4-3-5-12-22)21-17-15-20(16-18-21)25(28)26-24-14-8-10-19-9-6-7-13-23(19)24/h3-7,9,11-13,15-18,24H,2,8,10,14H2,1H3,(H,26,28). The number of aryl methyl sites for hydroxylation is 1. The number of hydrogen-bond donors (Lipinski definition) is 1. The van der Waals surface area contributed by atoms with Crippen molar-refractivity contribution in [3.63, 3.8) is 0 Å². The van der Waals surface area contributed by atoms with E-state index >= 15 is 0 Å². The Hall–Kier alpha value is -3.12. The quantitative estimate of drug-likeness (QED) is 0.611. The minimum atomic E-state index is -3.66. The Labute approximate surface area is 183 Å². The fourth-order valence-electron chi connectivity index (χ4n) is 4.14. The molecular formula is C25H26N2O3S. The second kappa shape index (κ2) is 8.94. The molecule has 1 aliphatic rings. The van der Waals surface area contributed by atoms with Crippen molar-refractivity contribution in [3.05, 3.63) is 95.6 Å². The number of carbonyl (C=O) groups excluding carboxylic acids is 1. The maximum absolute atomic E-state index is 13.0. The van der Waals surface area contributed by atoms with E-state index in [1.54, 1.807) is 61.5 Å². The highest BCUT2D eigenvalue weighted by Gasteiger charge is 2.24. The molecular weight excluding hydrogens is 408 g/mol. The zero-order chi connectivity index (χ0) is 21.8. The predicted molar refractivity (Wildman–Crippen MR) is 123 cm³/mol. The van der Waals surface area contributed by atoms with Gasteiger partial charge in [0.05, 0.1) is 16.6 Å². The maximum Gasteiger partial charge on any atom is 0.264 e. The Bertz CT molecular complexity index is 1160. The van der Waals surface area contributed by atoms with E-state index in [2.05, 4.69) is 17.4 Å². The summed E-state index contributed by atoms with van der Waals surface area (Å²) >= 11 is 0. The predicted octanol–water partition coefficient (Wildman–Crippen LogP) is 4.71. The van der Waals surface area contributed by atoms with Gasteiger partial charge in [0.2, 0.25) is 0 Å². The topological polar surface area (TPSA) is 66.5 Å². The Balaban J connectivity index is 1.52. The molecule has 0 aromatic heterocycles. The van der Waals surface area contributed by atoms with E-state index in [9.17, 15) is 13.2 Å². The molecule has 0 spiro atoms. The molecule has 1 aliphatic carbocycles. The van der Waals surface area contributed by atoms with Crippen molar-refractivity contribution < 1.29 is 13.2 Å². The highest BCUT2D eigenvalue weighted by Crippen LogP contribution is 2.30. The smallest absolute Gasteiger partial charge is 0.264 e. The number of rotatable bonds is 6. The fourth-order valence-corrected chi connectivity index (χ4v) is 5.63. The first-order valence-electron chi connectivity index (χ1n) is 10.6. The van der Waals surface area contributed by atoms with Crippen LogP contribution in [0.4, 0.5) is 5.69 Å². The van der Waals surface area contributed by atoms with Crippen molar-refractivity contribution in [3.8, 4) is 0 Å². The van der Waals surface area contributed by atoms with Crippen LogP contribution in [0.5, 0.6) is 0 Å². The monoisotopic (exact) mass is 434 g/mol. The first kappa shape index (κ1) is 21.1. The minimum Gasteiger partial charge on any atom is -0.345 e. The zero-order valence-corrected chi connectivity index (χ0v) is 18.3. The molecule has 0 saturated heterocycles. The number of fused-ring (bicyclic) bond motifs is 1. The van der Waals surface area contributed by atoms with Crippen LogP contribution in [0.15, 0.2) is 83.8 Å². The third-order valence-corrected chi connectivity index (χ3v) is 7.63. The lowest BCUT2D eigenvalue weighted by Crippen LogP contribution is -2.32. The highest BCUT2D eigenvalue weighted by molar-refractivity contribution is 7.92. The lowest BCUT2D eigenvalue weighted by atomic mass is 9.87. The van der Waals surface area contributed by atoms with Crippen LogP contribution in [-0.2, 0) is 16.4 Å². The number of nitrogens with zero attached hydrogens (tertiary/aromatic N) is 1. The van der Waals surface area contributed by atoms with Gasteiger partial charge in [-0.05, 0) is 73.7 Å². The average molecular weight is 435 g/mol. The van der Waals surface area contributed by atoms with Crippen molar-refractivity contribution in [2.24, 2.45) is 0 Å². The second-order valence-corrected chi connectivity index (χ2v) is 9.51. The molecule has 1 amide bonds. The van der Waals surface area contributed by atoms with Crippen LogP contribution in [0.25, 0.3) is 0 Å². The van der Waals surface area contributed by atoms with Gasteiger partial charge in [0.1, 0.15) is 0 Å². The SMILES string of the molecule is CCN(c1ccc(C(=O)NC2CCCc3ccccc32)cc1)S(=O)(=O)c1ccccc1. The molecule has 31 heavy (non-hydrogen) atoms. The van der Waals surface area contributed by atoms with Gasteiger partial charge in [-0.25, -0.2) is 8.42 Å². The summed E-state index contributed by atoms with van der Waals surface area (Å²) in [6.07, 6.45) is 3.00. The Morgan fingerprint density at radius 3 is 2.35 bits per heavy atom. The molecule has 1 unspecified atom stereocenters. The first-order chi connectivity index (χ1) is 15.0. The van der Waals surface area contributed by atoms with Gasteiger partial charge in [-0.2, -0.15) is 0 Å². The third kappa shape index (κ3) is 4.35. The summed E-state index contributed by atoms with van der Waals surface area (Å²) in [5, 5.41) is 3.14. The van der Waals surface area contributed by atoms with Crippen molar-refractivity contribution in [1.29, 1.82) is 0 Å². The summed E-state index contributed by atoms with van der Waals surface area (Å²) in [6, 6.07) is 23.3. The van der Waals surface area contributed by atoms with Gasteiger partial charge in [0, 0.05) is 12.1 Å². The van der Waals surface area contributed by atoms with E-state index in [0.717, 1.165) is 19.3 Å². The van der Waals surface area contributed by atoms with Gasteiger partial charge in [-0.3, -0.25) is 9.10 Å². The van der Waals surface area contributed by atoms with E-state index < -0.39 is 10.0 Å². The van der Waals surface area contributed by atoms with Crippen molar-refractivity contribution >= 4 is 21.6 Å². The number of hydrogen-bond acceptors (Lipinski definition) is 3. The lowest BCUT2D eigenvalue weighted by molar-refractivity contribution is 0.0933. The normalized spacial score (nSPS) is 15.7. The summed E-state index contributed by atoms with van der Waals surface area (Å²) in [5.74, 6) is -0.151. The summed E-state index contributed by atoms with van der Waals surface area (Å²) in [6.45, 7) is 2.09. The zero-order valence-electron chi connectivity index (χ0n) is 17.5. The number of carbonyl (C=O) groups is 1. The Morgan fingerprint density at radius 1 is 0.968 bits per heavy atom. The molecule has 0 radical (unpaired) electrons. The van der Waals surface area contributed by atoms with Crippen LogP contribution in [0.3, 0.4) is 0 Å². The molecule has 1 N–H and O–H groups in total. The van der Waals surface area contributed by atoms with Gasteiger partial charge >= 0.3 is 0 Å². The highest BCUT2D eigenvalue weighted by atomic mass is 32.2. The van der Waals surface area contributed by atoms with E-state index in [1.807, 2.05) is 12.1 Å². The van der Waals surface area contributed by atoms with E-state index in [4.69, 9.17) is 0 Å². The Morgan fingerprint density at radius 2 is 1.65 bits per heavy atom. The average Bonchev–Trinajstić information content (AvgIpc) is 2.80. The van der Waals surface area contributed by atoms with Gasteiger partial charge < -0.3 is 5.32 Å². The van der Waals surface area contributed by atoms with Gasteiger partial charge in [0.25, 0.3) is 15.9 Å². The van der Waals surface area contributed by atoms with Crippen LogP contribution in [0.2, 0.25) is 0 Å².